The summed E-state index contributed by atoms with van der Waals surface area (Å²) in [6.07, 6.45) is 0. The van der Waals surface area contributed by atoms with Gasteiger partial charge in [-0.1, -0.05) is 11.6 Å². The third-order valence-electron chi connectivity index (χ3n) is 2.20. The number of nitrogens with two attached hydrogens (primary N) is 1. The molecule has 3 nitrogen and oxygen atoms in total. The molecule has 4 heteroatoms. The zero-order valence-electron chi connectivity index (χ0n) is 8.66. The van der Waals surface area contributed by atoms with Crippen LogP contribution in [0.1, 0.15) is 21.9 Å². The zero-order valence-corrected chi connectivity index (χ0v) is 9.41. The first kappa shape index (κ1) is 10.8. The van der Waals surface area contributed by atoms with Crippen molar-refractivity contribution in [3.63, 3.8) is 0 Å². The average Bonchev–Trinajstić information content (AvgIpc) is 2.67. The molecule has 82 valence electrons. The maximum Gasteiger partial charge on any atom is 0.229 e. The van der Waals surface area contributed by atoms with Crippen LogP contribution < -0.4 is 5.73 Å². The van der Waals surface area contributed by atoms with E-state index in [1.165, 1.54) is 0 Å². The normalized spacial score (nSPS) is 10.4. The molecule has 0 fully saturated rings. The predicted octanol–water partition coefficient (Wildman–Crippen LogP) is 3.05. The van der Waals surface area contributed by atoms with Crippen LogP contribution in [0.15, 0.2) is 34.7 Å². The highest BCUT2D eigenvalue weighted by atomic mass is 35.5. The molecule has 1 heterocycles. The Labute approximate surface area is 97.8 Å². The van der Waals surface area contributed by atoms with Crippen LogP contribution in [0.3, 0.4) is 0 Å². The number of aryl methyl sites for hydroxylation is 1. The number of benzene rings is 1. The molecule has 2 N–H and O–H groups in total. The van der Waals surface area contributed by atoms with Crippen LogP contribution in [0.2, 0.25) is 5.02 Å². The van der Waals surface area contributed by atoms with Crippen molar-refractivity contribution in [1.29, 1.82) is 0 Å². The Hall–Kier alpha value is -1.74. The van der Waals surface area contributed by atoms with Gasteiger partial charge >= 0.3 is 0 Å². The molecule has 0 unspecified atom stereocenters. The van der Waals surface area contributed by atoms with E-state index < -0.39 is 0 Å². The number of carbonyl (C=O) groups excluding carboxylic acids is 1. The van der Waals surface area contributed by atoms with Crippen LogP contribution in [-0.2, 0) is 0 Å². The summed E-state index contributed by atoms with van der Waals surface area (Å²) >= 11 is 5.93. The van der Waals surface area contributed by atoms with Crippen molar-refractivity contribution in [2.75, 3.05) is 5.73 Å². The smallest absolute Gasteiger partial charge is 0.229 e. The van der Waals surface area contributed by atoms with E-state index in [-0.39, 0.29) is 11.5 Å². The van der Waals surface area contributed by atoms with Crippen LogP contribution in [-0.4, -0.2) is 5.78 Å². The first-order valence-electron chi connectivity index (χ1n) is 4.74. The summed E-state index contributed by atoms with van der Waals surface area (Å²) in [5.41, 5.74) is 6.46. The number of nitrogen functional groups attached to an aromatic ring is 1. The summed E-state index contributed by atoms with van der Waals surface area (Å²) in [7, 11) is 0. The Kier molecular flexibility index (Phi) is 2.71. The molecule has 1 aromatic carbocycles. The van der Waals surface area contributed by atoms with Gasteiger partial charge in [0.05, 0.1) is 5.02 Å². The molecule has 2 rings (SSSR count). The van der Waals surface area contributed by atoms with Crippen molar-refractivity contribution in [2.45, 2.75) is 6.92 Å². The molecule has 0 radical (unpaired) electrons. The van der Waals surface area contributed by atoms with Crippen molar-refractivity contribution in [2.24, 2.45) is 0 Å². The first-order valence-corrected chi connectivity index (χ1v) is 5.12. The number of carbonyl (C=O) groups is 1. The molecule has 0 bridgehead atoms. The third-order valence-corrected chi connectivity index (χ3v) is 2.53. The SMILES string of the molecule is Cc1ccc(C(=O)c2cc(N)ccc2Cl)o1. The van der Waals surface area contributed by atoms with Gasteiger partial charge in [-0.3, -0.25) is 4.79 Å². The van der Waals surface area contributed by atoms with Crippen molar-refractivity contribution in [3.8, 4) is 0 Å². The number of halogens is 1. The lowest BCUT2D eigenvalue weighted by molar-refractivity contribution is 0.101. The van der Waals surface area contributed by atoms with Crippen LogP contribution in [0.25, 0.3) is 0 Å². The minimum Gasteiger partial charge on any atom is -0.458 e. The van der Waals surface area contributed by atoms with Crippen molar-refractivity contribution < 1.29 is 9.21 Å². The Bertz CT molecular complexity index is 546. The fourth-order valence-electron chi connectivity index (χ4n) is 1.41. The quantitative estimate of drug-likeness (QED) is 0.643. The van der Waals surface area contributed by atoms with Gasteiger partial charge in [0, 0.05) is 11.3 Å². The van der Waals surface area contributed by atoms with Gasteiger partial charge in [0.25, 0.3) is 0 Å². The summed E-state index contributed by atoms with van der Waals surface area (Å²) in [6.45, 7) is 1.78. The van der Waals surface area contributed by atoms with Crippen LogP contribution in [0.5, 0.6) is 0 Å². The monoisotopic (exact) mass is 235 g/mol. The number of ketones is 1. The van der Waals surface area contributed by atoms with E-state index in [0.29, 0.717) is 22.0 Å². The summed E-state index contributed by atoms with van der Waals surface area (Å²) in [6, 6.07) is 8.14. The van der Waals surface area contributed by atoms with E-state index in [2.05, 4.69) is 0 Å². The molecular formula is C12H10ClNO2. The molecule has 16 heavy (non-hydrogen) atoms. The topological polar surface area (TPSA) is 56.2 Å². The van der Waals surface area contributed by atoms with Crippen LogP contribution >= 0.6 is 11.6 Å². The van der Waals surface area contributed by atoms with Gasteiger partial charge in [-0.2, -0.15) is 0 Å². The van der Waals surface area contributed by atoms with Gasteiger partial charge in [-0.15, -0.1) is 0 Å². The minimum absolute atomic E-state index is 0.259. The molecule has 0 aliphatic heterocycles. The Morgan fingerprint density at radius 1 is 1.31 bits per heavy atom. The number of anilines is 1. The first-order chi connectivity index (χ1) is 7.58. The molecule has 0 saturated carbocycles. The zero-order chi connectivity index (χ0) is 11.7. The number of hydrogen-bond acceptors (Lipinski definition) is 3. The summed E-state index contributed by atoms with van der Waals surface area (Å²) < 4.78 is 5.25. The van der Waals surface area contributed by atoms with E-state index in [4.69, 9.17) is 21.8 Å². The lowest BCUT2D eigenvalue weighted by atomic mass is 10.1. The molecule has 0 amide bonds. The van der Waals surface area contributed by atoms with Gasteiger partial charge in [0.2, 0.25) is 5.78 Å². The van der Waals surface area contributed by atoms with E-state index in [1.807, 2.05) is 0 Å². The second-order valence-corrected chi connectivity index (χ2v) is 3.89. The van der Waals surface area contributed by atoms with Crippen molar-refractivity contribution in [3.05, 3.63) is 52.4 Å². The maximum atomic E-state index is 12.0. The standard InChI is InChI=1S/C12H10ClNO2/c1-7-2-5-11(16-7)12(15)9-6-8(14)3-4-10(9)13/h2-6H,14H2,1H3. The molecule has 0 atom stereocenters. The minimum atomic E-state index is -0.259. The lowest BCUT2D eigenvalue weighted by Gasteiger charge is -2.02. The molecule has 0 saturated heterocycles. The largest absolute Gasteiger partial charge is 0.458 e. The molecule has 0 spiro atoms. The fraction of sp³-hybridized carbons (Fsp3) is 0.0833. The molecule has 2 aromatic rings. The van der Waals surface area contributed by atoms with Gasteiger partial charge in [-0.25, -0.2) is 0 Å². The van der Waals surface area contributed by atoms with Crippen LogP contribution in [0.4, 0.5) is 5.69 Å². The molecular weight excluding hydrogens is 226 g/mol. The highest BCUT2D eigenvalue weighted by Gasteiger charge is 2.16. The lowest BCUT2D eigenvalue weighted by Crippen LogP contribution is -2.01. The molecule has 0 aliphatic rings. The highest BCUT2D eigenvalue weighted by molar-refractivity contribution is 6.34. The summed E-state index contributed by atoms with van der Waals surface area (Å²) in [5, 5.41) is 0.369. The van der Waals surface area contributed by atoms with Gasteiger partial charge < -0.3 is 10.2 Å². The Morgan fingerprint density at radius 2 is 2.06 bits per heavy atom. The van der Waals surface area contributed by atoms with Gasteiger partial charge in [0.15, 0.2) is 5.76 Å². The highest BCUT2D eigenvalue weighted by Crippen LogP contribution is 2.22. The van der Waals surface area contributed by atoms with E-state index in [0.717, 1.165) is 0 Å². The summed E-state index contributed by atoms with van der Waals surface area (Å²) in [4.78, 5) is 12.0. The van der Waals surface area contributed by atoms with E-state index >= 15 is 0 Å². The second kappa shape index (κ2) is 4.02. The second-order valence-electron chi connectivity index (χ2n) is 3.48. The fourth-order valence-corrected chi connectivity index (χ4v) is 1.61. The number of furan rings is 1. The Balaban J connectivity index is 2.45. The van der Waals surface area contributed by atoms with Gasteiger partial charge in [0.1, 0.15) is 5.76 Å². The van der Waals surface area contributed by atoms with Crippen molar-refractivity contribution >= 4 is 23.1 Å². The Morgan fingerprint density at radius 3 is 2.69 bits per heavy atom. The number of rotatable bonds is 2. The van der Waals surface area contributed by atoms with Gasteiger partial charge in [-0.05, 0) is 37.3 Å². The molecule has 0 aliphatic carbocycles. The van der Waals surface area contributed by atoms with E-state index in [9.17, 15) is 4.79 Å². The van der Waals surface area contributed by atoms with Crippen molar-refractivity contribution in [1.82, 2.24) is 0 Å². The van der Waals surface area contributed by atoms with Crippen LogP contribution in [0, 0.1) is 6.92 Å². The maximum absolute atomic E-state index is 12.0. The molecule has 1 aromatic heterocycles. The average molecular weight is 236 g/mol. The summed E-state index contributed by atoms with van der Waals surface area (Å²) in [5.74, 6) is 0.693. The third kappa shape index (κ3) is 1.95. The predicted molar refractivity (Wildman–Crippen MR) is 62.7 cm³/mol. The van der Waals surface area contributed by atoms with E-state index in [1.54, 1.807) is 37.3 Å². The number of hydrogen-bond donors (Lipinski definition) is 1.